The fourth-order valence-electron chi connectivity index (χ4n) is 5.39. The van der Waals surface area contributed by atoms with Gasteiger partial charge in [0.25, 0.3) is 5.91 Å². The van der Waals surface area contributed by atoms with Crippen molar-refractivity contribution in [1.82, 2.24) is 9.88 Å². The van der Waals surface area contributed by atoms with Crippen LogP contribution in [0.4, 0.5) is 5.82 Å². The molecule has 1 aliphatic heterocycles. The first-order valence-electron chi connectivity index (χ1n) is 13.8. The van der Waals surface area contributed by atoms with Crippen molar-refractivity contribution in [3.05, 3.63) is 107 Å². The second-order valence-electron chi connectivity index (χ2n) is 10.4. The van der Waals surface area contributed by atoms with Crippen molar-refractivity contribution < 1.29 is 17.9 Å². The molecule has 1 aromatic heterocycles. The molecule has 2 fully saturated rings. The number of ether oxygens (including phenoxy) is 1. The number of anilines is 1. The monoisotopic (exact) mass is 613 g/mol. The van der Waals surface area contributed by atoms with Gasteiger partial charge in [0, 0.05) is 22.7 Å². The predicted molar refractivity (Wildman–Crippen MR) is 163 cm³/mol. The molecule has 2 aromatic carbocycles. The van der Waals surface area contributed by atoms with Gasteiger partial charge >= 0.3 is 0 Å². The summed E-state index contributed by atoms with van der Waals surface area (Å²) < 4.78 is 35.3. The number of hydrogen-bond acceptors (Lipinski definition) is 5. The Morgan fingerprint density at radius 3 is 2.44 bits per heavy atom. The maximum Gasteiger partial charge on any atom is 0.252 e. The lowest BCUT2D eigenvalue weighted by molar-refractivity contribution is -0.178. The molecular weight excluding hydrogens is 581 g/mol. The van der Waals surface area contributed by atoms with E-state index in [4.69, 9.17) is 27.9 Å². The average molecular weight is 615 g/mol. The number of nitrogens with zero attached hydrogens (tertiary/aromatic N) is 3. The van der Waals surface area contributed by atoms with Crippen molar-refractivity contribution in [2.45, 2.75) is 62.1 Å². The second-order valence-corrected chi connectivity index (χ2v) is 13.4. The van der Waals surface area contributed by atoms with Crippen LogP contribution in [-0.2, 0) is 19.6 Å². The molecular formula is C31H33Cl2N3O4S. The van der Waals surface area contributed by atoms with Gasteiger partial charge in [-0.15, -0.1) is 6.58 Å². The molecule has 0 bridgehead atoms. The largest absolute Gasteiger partial charge is 0.358 e. The number of morpholine rings is 1. The van der Waals surface area contributed by atoms with E-state index in [1.54, 1.807) is 48.7 Å². The molecule has 1 saturated heterocycles. The highest BCUT2D eigenvalue weighted by Gasteiger charge is 2.48. The molecule has 0 N–H and O–H groups in total. The van der Waals surface area contributed by atoms with Crippen LogP contribution in [-0.4, -0.2) is 48.1 Å². The standard InChI is InChI=1S/C31H33Cl2N3O4S/c1-3-8-27-31(37)36(25(4-2)20-35(28-11-5-6-18-34-28)41(38,39)26-16-17-26)29(21-12-14-23(32)15-13-21)30(40-27)22-9-7-10-24(33)19-22/h3,5-7,9-15,18-19,25-27,29-30H,1,4,8,16-17,20H2,2H3/t25?,27?,29?,30-/m1/s1. The minimum absolute atomic E-state index is 0.0608. The van der Waals surface area contributed by atoms with E-state index in [1.165, 1.54) is 4.31 Å². The summed E-state index contributed by atoms with van der Waals surface area (Å²) in [6, 6.07) is 18.9. The molecule has 1 aliphatic carbocycles. The minimum Gasteiger partial charge on any atom is -0.358 e. The van der Waals surface area contributed by atoms with Crippen LogP contribution >= 0.6 is 23.2 Å². The van der Waals surface area contributed by atoms with E-state index in [0.717, 1.165) is 11.1 Å². The first kappa shape index (κ1) is 29.6. The van der Waals surface area contributed by atoms with Gasteiger partial charge in [0.05, 0.1) is 23.9 Å². The van der Waals surface area contributed by atoms with Crippen LogP contribution in [0.25, 0.3) is 0 Å². The summed E-state index contributed by atoms with van der Waals surface area (Å²) in [6.45, 7) is 5.87. The lowest BCUT2D eigenvalue weighted by Gasteiger charge is -2.48. The summed E-state index contributed by atoms with van der Waals surface area (Å²) in [5.74, 6) is 0.121. The maximum atomic E-state index is 14.2. The number of halogens is 2. The van der Waals surface area contributed by atoms with Gasteiger partial charge in [0.1, 0.15) is 18.0 Å². The molecule has 1 amide bonds. The number of sulfonamides is 1. The van der Waals surface area contributed by atoms with Crippen molar-refractivity contribution in [3.8, 4) is 0 Å². The number of amides is 1. The third-order valence-electron chi connectivity index (χ3n) is 7.60. The third-order valence-corrected chi connectivity index (χ3v) is 10.3. The Labute approximate surface area is 251 Å². The lowest BCUT2D eigenvalue weighted by atomic mass is 9.89. The van der Waals surface area contributed by atoms with E-state index in [1.807, 2.05) is 42.2 Å². The smallest absolute Gasteiger partial charge is 0.252 e. The van der Waals surface area contributed by atoms with E-state index >= 15 is 0 Å². The summed E-state index contributed by atoms with van der Waals surface area (Å²) >= 11 is 12.6. The summed E-state index contributed by atoms with van der Waals surface area (Å²) in [5.41, 5.74) is 1.63. The van der Waals surface area contributed by atoms with Gasteiger partial charge in [0.2, 0.25) is 10.0 Å². The molecule has 2 aliphatic rings. The minimum atomic E-state index is -3.67. The van der Waals surface area contributed by atoms with Gasteiger partial charge in [-0.05, 0) is 66.8 Å². The van der Waals surface area contributed by atoms with Crippen molar-refractivity contribution >= 4 is 45.0 Å². The van der Waals surface area contributed by atoms with Gasteiger partial charge in [-0.1, -0.05) is 66.5 Å². The Morgan fingerprint density at radius 2 is 1.83 bits per heavy atom. The van der Waals surface area contributed by atoms with E-state index in [-0.39, 0.29) is 12.5 Å². The van der Waals surface area contributed by atoms with E-state index in [9.17, 15) is 13.2 Å². The number of benzene rings is 2. The topological polar surface area (TPSA) is 79.8 Å². The van der Waals surface area contributed by atoms with Crippen LogP contribution in [0, 0.1) is 0 Å². The quantitative estimate of drug-likeness (QED) is 0.223. The van der Waals surface area contributed by atoms with Gasteiger partial charge in [-0.3, -0.25) is 9.10 Å². The van der Waals surface area contributed by atoms with Crippen molar-refractivity contribution in [3.63, 3.8) is 0 Å². The summed E-state index contributed by atoms with van der Waals surface area (Å²) in [5, 5.41) is 0.673. The van der Waals surface area contributed by atoms with E-state index < -0.39 is 39.6 Å². The predicted octanol–water partition coefficient (Wildman–Crippen LogP) is 6.75. The molecule has 41 heavy (non-hydrogen) atoms. The average Bonchev–Trinajstić information content (AvgIpc) is 3.83. The molecule has 0 spiro atoms. The maximum absolute atomic E-state index is 14.2. The van der Waals surface area contributed by atoms with Crippen LogP contribution in [0.15, 0.2) is 85.6 Å². The number of carbonyl (C=O) groups excluding carboxylic acids is 1. The highest BCUT2D eigenvalue weighted by molar-refractivity contribution is 7.93. The molecule has 216 valence electrons. The summed E-state index contributed by atoms with van der Waals surface area (Å²) in [7, 11) is -3.67. The Morgan fingerprint density at radius 1 is 1.07 bits per heavy atom. The molecule has 3 aromatic rings. The zero-order valence-electron chi connectivity index (χ0n) is 22.8. The number of carbonyl (C=O) groups is 1. The van der Waals surface area contributed by atoms with Crippen LogP contribution in [0.3, 0.4) is 0 Å². The first-order valence-corrected chi connectivity index (χ1v) is 16.0. The van der Waals surface area contributed by atoms with E-state index in [2.05, 4.69) is 11.6 Å². The van der Waals surface area contributed by atoms with Crippen molar-refractivity contribution in [1.29, 1.82) is 0 Å². The normalized spacial score (nSPS) is 21.9. The zero-order valence-corrected chi connectivity index (χ0v) is 25.1. The molecule has 10 heteroatoms. The van der Waals surface area contributed by atoms with Crippen LogP contribution in [0.1, 0.15) is 55.9 Å². The number of rotatable bonds is 11. The zero-order chi connectivity index (χ0) is 29.1. The third kappa shape index (κ3) is 6.31. The highest BCUT2D eigenvalue weighted by Crippen LogP contribution is 2.45. The number of aromatic nitrogens is 1. The van der Waals surface area contributed by atoms with Crippen molar-refractivity contribution in [2.75, 3.05) is 10.8 Å². The molecule has 2 heterocycles. The Kier molecular flexibility index (Phi) is 9.04. The molecule has 4 atom stereocenters. The fourth-order valence-corrected chi connectivity index (χ4v) is 7.56. The molecule has 3 unspecified atom stereocenters. The Hall–Kier alpha value is -2.91. The van der Waals surface area contributed by atoms with Gasteiger partial charge in [-0.2, -0.15) is 0 Å². The van der Waals surface area contributed by atoms with Crippen molar-refractivity contribution in [2.24, 2.45) is 0 Å². The summed E-state index contributed by atoms with van der Waals surface area (Å²) in [6.07, 6.45) is 3.92. The molecule has 1 saturated carbocycles. The van der Waals surface area contributed by atoms with Gasteiger partial charge in [-0.25, -0.2) is 13.4 Å². The molecule has 5 rings (SSSR count). The Balaban J connectivity index is 1.63. The molecule has 0 radical (unpaired) electrons. The summed E-state index contributed by atoms with van der Waals surface area (Å²) in [4.78, 5) is 20.4. The molecule has 7 nitrogen and oxygen atoms in total. The van der Waals surface area contributed by atoms with E-state index in [0.29, 0.717) is 41.5 Å². The highest BCUT2D eigenvalue weighted by atomic mass is 35.5. The van der Waals surface area contributed by atoms with Crippen LogP contribution in [0.5, 0.6) is 0 Å². The SMILES string of the molecule is C=CCC1O[C@H](c2cccc(Cl)c2)C(c2ccc(Cl)cc2)N(C(CC)CN(c2ccccn2)S(=O)(=O)C2CC2)C1=O. The second kappa shape index (κ2) is 12.5. The number of hydrogen-bond donors (Lipinski definition) is 0. The van der Waals surface area contributed by atoms with Crippen LogP contribution < -0.4 is 4.31 Å². The van der Waals surface area contributed by atoms with Gasteiger partial charge < -0.3 is 9.64 Å². The fraction of sp³-hybridized carbons (Fsp3) is 0.355. The van der Waals surface area contributed by atoms with Gasteiger partial charge in [0.15, 0.2) is 0 Å². The van der Waals surface area contributed by atoms with Crippen LogP contribution in [0.2, 0.25) is 10.0 Å². The lowest BCUT2D eigenvalue weighted by Crippen LogP contribution is -2.57. The Bertz CT molecular complexity index is 1480. The number of pyridine rings is 1. The first-order chi connectivity index (χ1) is 19.7.